The van der Waals surface area contributed by atoms with Crippen molar-refractivity contribution in [3.05, 3.63) is 39.0 Å². The lowest BCUT2D eigenvalue weighted by molar-refractivity contribution is 0.0198. The standard InChI is InChI=1S/C22H31IN2O2/c1-15(13-16-5-7-17(23)8-6-16)19-14-20(19)24-18-9-11-25(12-10-18)21(26)27-22(2,3)4/h5-8,13,18-20,24H,9-12,14H2,1-4H3/b15-13+. The maximum atomic E-state index is 12.2. The van der Waals surface area contributed by atoms with Crippen molar-refractivity contribution in [1.29, 1.82) is 0 Å². The van der Waals surface area contributed by atoms with Gasteiger partial charge < -0.3 is 15.0 Å². The summed E-state index contributed by atoms with van der Waals surface area (Å²) in [4.78, 5) is 14.0. The SMILES string of the molecule is C/C(=C\c1ccc(I)cc1)C1CC1NC1CCN(C(=O)OC(C)(C)C)CC1. The summed E-state index contributed by atoms with van der Waals surface area (Å²) in [6, 6.07) is 9.76. The van der Waals surface area contributed by atoms with E-state index in [1.165, 1.54) is 21.1 Å². The first kappa shape index (κ1) is 20.6. The van der Waals surface area contributed by atoms with E-state index in [0.717, 1.165) is 25.9 Å². The van der Waals surface area contributed by atoms with Gasteiger partial charge in [-0.3, -0.25) is 0 Å². The first-order valence-corrected chi connectivity index (χ1v) is 11.0. The van der Waals surface area contributed by atoms with Gasteiger partial charge in [0.25, 0.3) is 0 Å². The number of amides is 1. The summed E-state index contributed by atoms with van der Waals surface area (Å²) in [5.41, 5.74) is 2.32. The lowest BCUT2D eigenvalue weighted by Gasteiger charge is -2.34. The summed E-state index contributed by atoms with van der Waals surface area (Å²) < 4.78 is 6.75. The van der Waals surface area contributed by atoms with Crippen LogP contribution in [0.1, 0.15) is 52.5 Å². The molecule has 1 heterocycles. The Balaban J connectivity index is 1.43. The fraction of sp³-hybridized carbons (Fsp3) is 0.591. The molecule has 0 spiro atoms. The van der Waals surface area contributed by atoms with E-state index in [1.807, 2.05) is 25.7 Å². The fourth-order valence-corrected chi connectivity index (χ4v) is 4.03. The van der Waals surface area contributed by atoms with Crippen molar-refractivity contribution in [1.82, 2.24) is 10.2 Å². The molecule has 4 nitrogen and oxygen atoms in total. The largest absolute Gasteiger partial charge is 0.444 e. The number of benzene rings is 1. The second-order valence-corrected chi connectivity index (χ2v) is 10.0. The van der Waals surface area contributed by atoms with Crippen LogP contribution in [0.4, 0.5) is 4.79 Å². The molecule has 1 N–H and O–H groups in total. The number of hydrogen-bond donors (Lipinski definition) is 1. The Hall–Kier alpha value is -1.08. The Morgan fingerprint density at radius 1 is 1.22 bits per heavy atom. The molecule has 0 aromatic heterocycles. The van der Waals surface area contributed by atoms with Crippen molar-refractivity contribution in [2.75, 3.05) is 13.1 Å². The highest BCUT2D eigenvalue weighted by atomic mass is 127. The van der Waals surface area contributed by atoms with Gasteiger partial charge in [0.1, 0.15) is 5.60 Å². The summed E-state index contributed by atoms with van der Waals surface area (Å²) in [7, 11) is 0. The molecule has 1 aliphatic carbocycles. The van der Waals surface area contributed by atoms with E-state index in [1.54, 1.807) is 0 Å². The minimum Gasteiger partial charge on any atom is -0.444 e. The number of carbonyl (C=O) groups excluding carboxylic acids is 1. The Kier molecular flexibility index (Phi) is 6.51. The van der Waals surface area contributed by atoms with Crippen LogP contribution in [0.2, 0.25) is 0 Å². The molecule has 5 heteroatoms. The molecule has 0 bridgehead atoms. The second kappa shape index (κ2) is 8.52. The van der Waals surface area contributed by atoms with Crippen LogP contribution in [0.15, 0.2) is 29.8 Å². The number of ether oxygens (including phenoxy) is 1. The van der Waals surface area contributed by atoms with E-state index in [-0.39, 0.29) is 6.09 Å². The molecule has 0 radical (unpaired) electrons. The number of likely N-dealkylation sites (tertiary alicyclic amines) is 1. The number of piperidine rings is 1. The molecule has 2 unspecified atom stereocenters. The number of hydrogen-bond acceptors (Lipinski definition) is 3. The monoisotopic (exact) mass is 482 g/mol. The molecule has 148 valence electrons. The lowest BCUT2D eigenvalue weighted by atomic mass is 10.0. The summed E-state index contributed by atoms with van der Waals surface area (Å²) in [5.74, 6) is 0.646. The highest BCUT2D eigenvalue weighted by Gasteiger charge is 2.40. The first-order valence-electron chi connectivity index (χ1n) is 9.89. The van der Waals surface area contributed by atoms with Gasteiger partial charge in [-0.2, -0.15) is 0 Å². The third kappa shape index (κ3) is 6.21. The van der Waals surface area contributed by atoms with Gasteiger partial charge in [0.2, 0.25) is 0 Å². The molecule has 2 aliphatic rings. The number of halogens is 1. The van der Waals surface area contributed by atoms with Gasteiger partial charge in [-0.25, -0.2) is 4.79 Å². The third-order valence-electron chi connectivity index (χ3n) is 5.24. The molecular formula is C22H31IN2O2. The Bertz CT molecular complexity index is 685. The van der Waals surface area contributed by atoms with Gasteiger partial charge in [-0.1, -0.05) is 23.8 Å². The average molecular weight is 482 g/mol. The molecule has 1 saturated carbocycles. The zero-order chi connectivity index (χ0) is 19.6. The Morgan fingerprint density at radius 3 is 2.44 bits per heavy atom. The van der Waals surface area contributed by atoms with Crippen LogP contribution < -0.4 is 5.32 Å². The summed E-state index contributed by atoms with van der Waals surface area (Å²) in [5, 5.41) is 3.81. The van der Waals surface area contributed by atoms with Gasteiger partial charge >= 0.3 is 6.09 Å². The molecule has 1 aromatic carbocycles. The molecule has 27 heavy (non-hydrogen) atoms. The Labute approximate surface area is 176 Å². The van der Waals surface area contributed by atoms with E-state index in [4.69, 9.17) is 4.74 Å². The van der Waals surface area contributed by atoms with E-state index in [9.17, 15) is 4.79 Å². The maximum absolute atomic E-state index is 12.2. The van der Waals surface area contributed by atoms with Crippen LogP contribution in [-0.4, -0.2) is 41.8 Å². The molecule has 1 aliphatic heterocycles. The summed E-state index contributed by atoms with van der Waals surface area (Å²) in [6.45, 7) is 9.55. The molecule has 2 fully saturated rings. The third-order valence-corrected chi connectivity index (χ3v) is 5.96. The van der Waals surface area contributed by atoms with Gasteiger partial charge in [-0.05, 0) is 93.2 Å². The van der Waals surface area contributed by atoms with Crippen LogP contribution in [0.3, 0.4) is 0 Å². The summed E-state index contributed by atoms with van der Waals surface area (Å²) in [6.07, 6.45) is 5.36. The number of carbonyl (C=O) groups is 1. The zero-order valence-corrected chi connectivity index (χ0v) is 19.0. The van der Waals surface area contributed by atoms with Crippen LogP contribution in [0, 0.1) is 9.49 Å². The Morgan fingerprint density at radius 2 is 1.85 bits per heavy atom. The number of nitrogens with zero attached hydrogens (tertiary/aromatic N) is 1. The predicted molar refractivity (Wildman–Crippen MR) is 119 cm³/mol. The van der Waals surface area contributed by atoms with E-state index < -0.39 is 5.60 Å². The minimum atomic E-state index is -0.422. The van der Waals surface area contributed by atoms with Crippen molar-refractivity contribution < 1.29 is 9.53 Å². The van der Waals surface area contributed by atoms with Crippen molar-refractivity contribution in [3.63, 3.8) is 0 Å². The van der Waals surface area contributed by atoms with Crippen molar-refractivity contribution in [2.45, 2.75) is 64.6 Å². The summed E-state index contributed by atoms with van der Waals surface area (Å²) >= 11 is 2.34. The van der Waals surface area contributed by atoms with Crippen LogP contribution in [0.25, 0.3) is 6.08 Å². The van der Waals surface area contributed by atoms with E-state index >= 15 is 0 Å². The van der Waals surface area contributed by atoms with Crippen molar-refractivity contribution >= 4 is 34.8 Å². The average Bonchev–Trinajstić information content (AvgIpc) is 3.35. The van der Waals surface area contributed by atoms with Crippen molar-refractivity contribution in [3.8, 4) is 0 Å². The molecular weight excluding hydrogens is 451 g/mol. The topological polar surface area (TPSA) is 41.6 Å². The van der Waals surface area contributed by atoms with E-state index in [2.05, 4.69) is 65.2 Å². The van der Waals surface area contributed by atoms with Crippen LogP contribution >= 0.6 is 22.6 Å². The fourth-order valence-electron chi connectivity index (χ4n) is 3.67. The zero-order valence-electron chi connectivity index (χ0n) is 16.8. The van der Waals surface area contributed by atoms with Gasteiger partial charge in [0, 0.05) is 28.7 Å². The van der Waals surface area contributed by atoms with Gasteiger partial charge in [-0.15, -0.1) is 0 Å². The maximum Gasteiger partial charge on any atom is 0.410 e. The number of rotatable bonds is 4. The molecule has 1 amide bonds. The quantitative estimate of drug-likeness (QED) is 0.610. The van der Waals surface area contributed by atoms with E-state index in [0.29, 0.717) is 18.0 Å². The number of nitrogens with one attached hydrogen (secondary N) is 1. The first-order chi connectivity index (χ1) is 12.7. The normalized spacial score (nSPS) is 24.0. The van der Waals surface area contributed by atoms with Crippen molar-refractivity contribution in [2.24, 2.45) is 5.92 Å². The van der Waals surface area contributed by atoms with Crippen LogP contribution in [-0.2, 0) is 4.74 Å². The highest BCUT2D eigenvalue weighted by molar-refractivity contribution is 14.1. The predicted octanol–water partition coefficient (Wildman–Crippen LogP) is 5.07. The lowest BCUT2D eigenvalue weighted by Crippen LogP contribution is -2.47. The molecule has 2 atom stereocenters. The second-order valence-electron chi connectivity index (χ2n) is 8.80. The smallest absolute Gasteiger partial charge is 0.410 e. The van der Waals surface area contributed by atoms with Crippen LogP contribution in [0.5, 0.6) is 0 Å². The molecule has 3 rings (SSSR count). The minimum absolute atomic E-state index is 0.179. The molecule has 1 aromatic rings. The molecule has 1 saturated heterocycles. The highest BCUT2D eigenvalue weighted by Crippen LogP contribution is 2.38. The van der Waals surface area contributed by atoms with Gasteiger partial charge in [0.15, 0.2) is 0 Å². The van der Waals surface area contributed by atoms with Gasteiger partial charge in [0.05, 0.1) is 0 Å².